The monoisotopic (exact) mass is 439 g/mol. The van der Waals surface area contributed by atoms with Crippen molar-refractivity contribution in [2.75, 3.05) is 0 Å². The molecule has 4 nitrogen and oxygen atoms in total. The first kappa shape index (κ1) is 16.8. The number of hydrogen-bond acceptors (Lipinski definition) is 4. The zero-order chi connectivity index (χ0) is 18.4. The largest absolute Gasteiger partial charge is 0.464 e. The van der Waals surface area contributed by atoms with Crippen molar-refractivity contribution in [3.05, 3.63) is 93.2 Å². The zero-order valence-corrected chi connectivity index (χ0v) is 16.6. The standard InChI is InChI=1S/C21H15BrClN3O/c22-15-5-8-20-17(10-15)19-11-18(13-3-6-16(23)7-4-13)25-26(19)21(27-20)14-2-1-9-24-12-14/h1-10,12,19,21H,11H2/t19-,21-/m1/s1. The molecule has 0 N–H and O–H groups in total. The molecule has 3 heterocycles. The molecule has 27 heavy (non-hydrogen) atoms. The quantitative estimate of drug-likeness (QED) is 0.510. The van der Waals surface area contributed by atoms with Gasteiger partial charge in [-0.15, -0.1) is 0 Å². The van der Waals surface area contributed by atoms with Gasteiger partial charge in [0, 0.05) is 39.4 Å². The summed E-state index contributed by atoms with van der Waals surface area (Å²) in [6.45, 7) is 0. The van der Waals surface area contributed by atoms with Crippen molar-refractivity contribution in [1.29, 1.82) is 0 Å². The van der Waals surface area contributed by atoms with Gasteiger partial charge in [-0.1, -0.05) is 45.7 Å². The normalized spacial score (nSPS) is 20.5. The molecule has 1 aromatic heterocycles. The second-order valence-corrected chi connectivity index (χ2v) is 7.94. The molecular formula is C21H15BrClN3O. The first-order chi connectivity index (χ1) is 13.2. The summed E-state index contributed by atoms with van der Waals surface area (Å²) in [4.78, 5) is 4.25. The van der Waals surface area contributed by atoms with Crippen molar-refractivity contribution in [2.24, 2.45) is 5.10 Å². The molecule has 0 bridgehead atoms. The van der Waals surface area contributed by atoms with Crippen molar-refractivity contribution in [3.63, 3.8) is 0 Å². The van der Waals surface area contributed by atoms with E-state index in [0.29, 0.717) is 0 Å². The van der Waals surface area contributed by atoms with E-state index in [-0.39, 0.29) is 12.3 Å². The number of fused-ring (bicyclic) bond motifs is 3. The number of hydrogen-bond donors (Lipinski definition) is 0. The molecule has 0 fully saturated rings. The molecule has 5 rings (SSSR count). The predicted octanol–water partition coefficient (Wildman–Crippen LogP) is 5.74. The Labute approximate surface area is 170 Å². The van der Waals surface area contributed by atoms with Gasteiger partial charge in [-0.2, -0.15) is 5.10 Å². The van der Waals surface area contributed by atoms with Crippen molar-refractivity contribution >= 4 is 33.2 Å². The topological polar surface area (TPSA) is 37.7 Å². The molecule has 0 radical (unpaired) electrons. The van der Waals surface area contributed by atoms with Crippen LogP contribution in [0.15, 0.2) is 76.6 Å². The maximum absolute atomic E-state index is 6.33. The fourth-order valence-corrected chi connectivity index (χ4v) is 4.12. The highest BCUT2D eigenvalue weighted by Gasteiger charge is 2.41. The van der Waals surface area contributed by atoms with Crippen LogP contribution in [0.1, 0.15) is 35.4 Å². The molecule has 2 aliphatic rings. The van der Waals surface area contributed by atoms with E-state index in [1.165, 1.54) is 0 Å². The summed E-state index contributed by atoms with van der Waals surface area (Å²) >= 11 is 9.62. The molecule has 2 aliphatic heterocycles. The Morgan fingerprint density at radius 2 is 1.96 bits per heavy atom. The minimum absolute atomic E-state index is 0.113. The van der Waals surface area contributed by atoms with Gasteiger partial charge >= 0.3 is 0 Å². The molecule has 0 amide bonds. The minimum atomic E-state index is -0.304. The Bertz CT molecular complexity index is 1020. The number of halogens is 2. The van der Waals surface area contributed by atoms with Crippen molar-refractivity contribution < 1.29 is 4.74 Å². The van der Waals surface area contributed by atoms with Crippen LogP contribution in [0.4, 0.5) is 0 Å². The minimum Gasteiger partial charge on any atom is -0.464 e. The Morgan fingerprint density at radius 1 is 1.11 bits per heavy atom. The summed E-state index contributed by atoms with van der Waals surface area (Å²) in [5.41, 5.74) is 4.23. The highest BCUT2D eigenvalue weighted by Crippen LogP contribution is 2.48. The van der Waals surface area contributed by atoms with Crippen LogP contribution in [-0.4, -0.2) is 15.7 Å². The van der Waals surface area contributed by atoms with Gasteiger partial charge in [0.25, 0.3) is 0 Å². The van der Waals surface area contributed by atoms with Crippen LogP contribution in [0.3, 0.4) is 0 Å². The van der Waals surface area contributed by atoms with Crippen LogP contribution in [0.5, 0.6) is 5.75 Å². The van der Waals surface area contributed by atoms with E-state index in [2.05, 4.69) is 32.0 Å². The third-order valence-electron chi connectivity index (χ3n) is 4.90. The van der Waals surface area contributed by atoms with Crippen molar-refractivity contribution in [1.82, 2.24) is 9.99 Å². The second-order valence-electron chi connectivity index (χ2n) is 6.59. The number of pyridine rings is 1. The lowest BCUT2D eigenvalue weighted by molar-refractivity contribution is -0.0192. The predicted molar refractivity (Wildman–Crippen MR) is 109 cm³/mol. The van der Waals surface area contributed by atoms with E-state index < -0.39 is 0 Å². The van der Waals surface area contributed by atoms with Crippen molar-refractivity contribution in [3.8, 4) is 5.75 Å². The number of rotatable bonds is 2. The Kier molecular flexibility index (Phi) is 4.14. The van der Waals surface area contributed by atoms with Gasteiger partial charge in [0.1, 0.15) is 5.75 Å². The van der Waals surface area contributed by atoms with Gasteiger partial charge in [0.05, 0.1) is 11.8 Å². The number of hydrazone groups is 1. The van der Waals surface area contributed by atoms with Crippen LogP contribution in [0, 0.1) is 0 Å². The van der Waals surface area contributed by atoms with E-state index >= 15 is 0 Å². The molecule has 0 spiro atoms. The maximum atomic E-state index is 6.33. The molecule has 2 atom stereocenters. The first-order valence-electron chi connectivity index (χ1n) is 8.67. The first-order valence-corrected chi connectivity index (χ1v) is 9.84. The number of benzene rings is 2. The molecule has 0 saturated carbocycles. The smallest absolute Gasteiger partial charge is 0.215 e. The summed E-state index contributed by atoms with van der Waals surface area (Å²) in [7, 11) is 0. The summed E-state index contributed by atoms with van der Waals surface area (Å²) in [5, 5.41) is 7.71. The van der Waals surface area contributed by atoms with E-state index in [4.69, 9.17) is 21.4 Å². The summed E-state index contributed by atoms with van der Waals surface area (Å²) in [5.74, 6) is 0.890. The Balaban J connectivity index is 1.60. The maximum Gasteiger partial charge on any atom is 0.215 e. The van der Waals surface area contributed by atoms with Gasteiger partial charge in [-0.05, 0) is 42.0 Å². The van der Waals surface area contributed by atoms with Crippen LogP contribution in [0.25, 0.3) is 0 Å². The number of nitrogens with zero attached hydrogens (tertiary/aromatic N) is 3. The molecule has 3 aromatic rings. The van der Waals surface area contributed by atoms with Gasteiger partial charge in [0.2, 0.25) is 6.23 Å². The van der Waals surface area contributed by atoms with Crippen LogP contribution >= 0.6 is 27.5 Å². The van der Waals surface area contributed by atoms with Crippen LogP contribution in [-0.2, 0) is 0 Å². The molecular weight excluding hydrogens is 426 g/mol. The van der Waals surface area contributed by atoms with E-state index in [9.17, 15) is 0 Å². The summed E-state index contributed by atoms with van der Waals surface area (Å²) < 4.78 is 7.36. The highest BCUT2D eigenvalue weighted by atomic mass is 79.9. The third-order valence-corrected chi connectivity index (χ3v) is 5.64. The molecule has 134 valence electrons. The Morgan fingerprint density at radius 3 is 2.74 bits per heavy atom. The van der Waals surface area contributed by atoms with Crippen molar-refractivity contribution in [2.45, 2.75) is 18.7 Å². The lowest BCUT2D eigenvalue weighted by Crippen LogP contribution is -2.33. The van der Waals surface area contributed by atoms with Gasteiger partial charge in [0.15, 0.2) is 0 Å². The Hall–Kier alpha value is -2.37. The SMILES string of the molecule is Clc1ccc(C2=NN3[C@H](C2)c2cc(Br)ccc2O[C@@H]3c2cccnc2)cc1. The highest BCUT2D eigenvalue weighted by molar-refractivity contribution is 9.10. The molecule has 6 heteroatoms. The summed E-state index contributed by atoms with van der Waals surface area (Å²) in [6.07, 6.45) is 4.11. The van der Waals surface area contributed by atoms with Crippen LogP contribution < -0.4 is 4.74 Å². The molecule has 2 aromatic carbocycles. The zero-order valence-electron chi connectivity index (χ0n) is 14.2. The summed E-state index contributed by atoms with van der Waals surface area (Å²) in [6, 6.07) is 18.0. The number of ether oxygens (including phenoxy) is 1. The fraction of sp³-hybridized carbons (Fsp3) is 0.143. The van der Waals surface area contributed by atoms with Crippen LogP contribution in [0.2, 0.25) is 5.02 Å². The average Bonchev–Trinajstić information content (AvgIpc) is 3.14. The molecule has 0 saturated heterocycles. The molecule has 0 aliphatic carbocycles. The van der Waals surface area contributed by atoms with Gasteiger partial charge in [-0.25, -0.2) is 5.01 Å². The van der Waals surface area contributed by atoms with Gasteiger partial charge < -0.3 is 4.74 Å². The van der Waals surface area contributed by atoms with E-state index in [1.807, 2.05) is 54.7 Å². The molecule has 0 unspecified atom stereocenters. The van der Waals surface area contributed by atoms with E-state index in [0.717, 1.165) is 44.1 Å². The van der Waals surface area contributed by atoms with E-state index in [1.54, 1.807) is 6.20 Å². The fourth-order valence-electron chi connectivity index (χ4n) is 3.62. The average molecular weight is 441 g/mol. The second kappa shape index (κ2) is 6.66. The lowest BCUT2D eigenvalue weighted by Gasteiger charge is -2.38. The lowest BCUT2D eigenvalue weighted by atomic mass is 9.96. The number of aromatic nitrogens is 1. The van der Waals surface area contributed by atoms with Gasteiger partial charge in [-0.3, -0.25) is 4.98 Å². The third kappa shape index (κ3) is 3.01.